The van der Waals surface area contributed by atoms with Crippen LogP contribution in [-0.2, 0) is 11.2 Å². The second-order valence-corrected chi connectivity index (χ2v) is 9.29. The molecule has 5 rings (SSSR count). The summed E-state index contributed by atoms with van der Waals surface area (Å²) < 4.78 is 2.65. The van der Waals surface area contributed by atoms with Crippen LogP contribution in [0, 0.1) is 10.1 Å². The number of halogens is 1. The minimum Gasteiger partial charge on any atom is -0.302 e. The smallest absolute Gasteiger partial charge is 0.270 e. The van der Waals surface area contributed by atoms with E-state index >= 15 is 0 Å². The maximum absolute atomic E-state index is 12.5. The monoisotopic (exact) mass is 483 g/mol. The molecule has 0 fully saturated rings. The molecule has 0 aliphatic heterocycles. The van der Waals surface area contributed by atoms with Gasteiger partial charge >= 0.3 is 0 Å². The van der Waals surface area contributed by atoms with Crippen molar-refractivity contribution in [2.75, 3.05) is 5.32 Å². The molecule has 1 amide bonds. The number of nitro groups is 1. The highest BCUT2D eigenvalue weighted by atomic mass is 35.5. The summed E-state index contributed by atoms with van der Waals surface area (Å²) >= 11 is 8.70. The number of fused-ring (bicyclic) bond motifs is 2. The number of nitrogens with zero attached hydrogens (tertiary/aromatic N) is 4. The fourth-order valence-electron chi connectivity index (χ4n) is 3.27. The van der Waals surface area contributed by atoms with Gasteiger partial charge in [0.15, 0.2) is 10.1 Å². The van der Waals surface area contributed by atoms with Gasteiger partial charge in [0.05, 0.1) is 20.8 Å². The van der Waals surface area contributed by atoms with Crippen molar-refractivity contribution in [2.24, 2.45) is 0 Å². The third-order valence-corrected chi connectivity index (χ3v) is 6.94. The zero-order chi connectivity index (χ0) is 22.2. The molecular weight excluding hydrogens is 470 g/mol. The van der Waals surface area contributed by atoms with Crippen molar-refractivity contribution in [3.05, 3.63) is 74.9 Å². The second kappa shape index (κ2) is 8.30. The number of carbonyl (C=O) groups is 1. The molecule has 0 bridgehead atoms. The van der Waals surface area contributed by atoms with Gasteiger partial charge in [-0.25, -0.2) is 9.97 Å². The summed E-state index contributed by atoms with van der Waals surface area (Å²) in [5, 5.41) is 16.8. The Morgan fingerprint density at radius 3 is 2.78 bits per heavy atom. The predicted octanol–water partition coefficient (Wildman–Crippen LogP) is 5.81. The number of hydrogen-bond acceptors (Lipinski definition) is 7. The van der Waals surface area contributed by atoms with Gasteiger partial charge in [0.25, 0.3) is 5.69 Å². The lowest BCUT2D eigenvalue weighted by Crippen LogP contribution is -2.12. The van der Waals surface area contributed by atoms with Crippen molar-refractivity contribution >= 4 is 66.2 Å². The van der Waals surface area contributed by atoms with E-state index in [-0.39, 0.29) is 18.0 Å². The fourth-order valence-corrected chi connectivity index (χ4v) is 5.22. The standard InChI is InChI=1S/C21H14ClN5O3S2/c22-13-3-1-12(2-4-13)17-10-26-15(11-31-21(26)24-17)6-8-19(28)25-20-23-16-7-5-14(27(29)30)9-18(16)32-20/h1-5,7,9-11H,6,8H2,(H,23,25,28). The highest BCUT2D eigenvalue weighted by molar-refractivity contribution is 7.22. The summed E-state index contributed by atoms with van der Waals surface area (Å²) in [6, 6.07) is 12.0. The maximum atomic E-state index is 12.5. The van der Waals surface area contributed by atoms with Crippen molar-refractivity contribution in [1.82, 2.24) is 14.4 Å². The molecule has 0 unspecified atom stereocenters. The Morgan fingerprint density at radius 2 is 2.00 bits per heavy atom. The first-order valence-electron chi connectivity index (χ1n) is 9.52. The van der Waals surface area contributed by atoms with Gasteiger partial charge in [-0.05, 0) is 24.6 Å². The van der Waals surface area contributed by atoms with Gasteiger partial charge in [-0.1, -0.05) is 35.1 Å². The largest absolute Gasteiger partial charge is 0.302 e. The Bertz CT molecular complexity index is 1470. The van der Waals surface area contributed by atoms with Crippen molar-refractivity contribution < 1.29 is 9.72 Å². The number of aryl methyl sites for hydroxylation is 1. The average molecular weight is 484 g/mol. The fraction of sp³-hybridized carbons (Fsp3) is 0.0952. The lowest BCUT2D eigenvalue weighted by atomic mass is 10.2. The normalized spacial score (nSPS) is 11.3. The first-order chi connectivity index (χ1) is 15.5. The number of nitrogens with one attached hydrogen (secondary N) is 1. The van der Waals surface area contributed by atoms with Crippen LogP contribution >= 0.6 is 34.3 Å². The number of thiazole rings is 2. The van der Waals surface area contributed by atoms with E-state index in [1.165, 1.54) is 34.8 Å². The van der Waals surface area contributed by atoms with Gasteiger partial charge in [0.2, 0.25) is 5.91 Å². The van der Waals surface area contributed by atoms with E-state index in [0.29, 0.717) is 26.8 Å². The zero-order valence-electron chi connectivity index (χ0n) is 16.3. The first kappa shape index (κ1) is 20.6. The number of carbonyl (C=O) groups excluding carboxylic acids is 1. The van der Waals surface area contributed by atoms with Crippen LogP contribution in [0.3, 0.4) is 0 Å². The molecule has 11 heteroatoms. The number of benzene rings is 2. The summed E-state index contributed by atoms with van der Waals surface area (Å²) in [6.45, 7) is 0. The minimum atomic E-state index is -0.451. The lowest BCUT2D eigenvalue weighted by molar-refractivity contribution is -0.384. The van der Waals surface area contributed by atoms with Crippen LogP contribution in [0.1, 0.15) is 12.1 Å². The molecule has 160 valence electrons. The number of aromatic nitrogens is 3. The molecule has 0 atom stereocenters. The number of hydrogen-bond donors (Lipinski definition) is 1. The number of imidazole rings is 1. The highest BCUT2D eigenvalue weighted by Crippen LogP contribution is 2.29. The molecule has 8 nitrogen and oxygen atoms in total. The van der Waals surface area contributed by atoms with Gasteiger partial charge in [-0.2, -0.15) is 0 Å². The van der Waals surface area contributed by atoms with Crippen molar-refractivity contribution in [2.45, 2.75) is 12.8 Å². The summed E-state index contributed by atoms with van der Waals surface area (Å²) in [4.78, 5) is 32.8. The molecule has 2 aromatic carbocycles. The van der Waals surface area contributed by atoms with Crippen LogP contribution in [-0.4, -0.2) is 25.2 Å². The van der Waals surface area contributed by atoms with Crippen LogP contribution in [0.15, 0.2) is 54.0 Å². The topological polar surface area (TPSA) is 102 Å². The second-order valence-electron chi connectivity index (χ2n) is 6.99. The number of anilines is 1. The van der Waals surface area contributed by atoms with E-state index in [1.807, 2.05) is 40.2 Å². The highest BCUT2D eigenvalue weighted by Gasteiger charge is 2.14. The van der Waals surface area contributed by atoms with Crippen LogP contribution < -0.4 is 5.32 Å². The van der Waals surface area contributed by atoms with Crippen LogP contribution in [0.5, 0.6) is 0 Å². The summed E-state index contributed by atoms with van der Waals surface area (Å²) in [5.41, 5.74) is 3.43. The Labute approximate surface area is 194 Å². The Balaban J connectivity index is 1.27. The Hall–Kier alpha value is -3.34. The maximum Gasteiger partial charge on any atom is 0.270 e. The molecule has 3 heterocycles. The lowest BCUT2D eigenvalue weighted by Gasteiger charge is -2.01. The van der Waals surface area contributed by atoms with Crippen molar-refractivity contribution in [3.8, 4) is 11.3 Å². The molecule has 0 saturated heterocycles. The molecule has 5 aromatic rings. The van der Waals surface area contributed by atoms with Crippen molar-refractivity contribution in [1.29, 1.82) is 0 Å². The van der Waals surface area contributed by atoms with Gasteiger partial charge in [-0.15, -0.1) is 11.3 Å². The number of rotatable bonds is 6. The SMILES string of the molecule is O=C(CCc1csc2nc(-c3ccc(Cl)cc3)cn12)Nc1nc2ccc([N+](=O)[O-])cc2s1. The van der Waals surface area contributed by atoms with E-state index in [0.717, 1.165) is 21.9 Å². The summed E-state index contributed by atoms with van der Waals surface area (Å²) in [5.74, 6) is -0.170. The number of nitro benzene ring substituents is 1. The molecule has 0 radical (unpaired) electrons. The number of non-ortho nitro benzene ring substituents is 1. The van der Waals surface area contributed by atoms with Crippen LogP contribution in [0.25, 0.3) is 26.4 Å². The van der Waals surface area contributed by atoms with Gasteiger partial charge in [0, 0.05) is 46.4 Å². The van der Waals surface area contributed by atoms with E-state index in [4.69, 9.17) is 11.6 Å². The predicted molar refractivity (Wildman–Crippen MR) is 127 cm³/mol. The van der Waals surface area contributed by atoms with Gasteiger partial charge in [-0.3, -0.25) is 19.3 Å². The third kappa shape index (κ3) is 4.07. The molecule has 3 aromatic heterocycles. The Morgan fingerprint density at radius 1 is 1.19 bits per heavy atom. The molecule has 32 heavy (non-hydrogen) atoms. The number of amides is 1. The Kier molecular flexibility index (Phi) is 5.33. The van der Waals surface area contributed by atoms with E-state index in [1.54, 1.807) is 6.07 Å². The van der Waals surface area contributed by atoms with Crippen molar-refractivity contribution in [3.63, 3.8) is 0 Å². The van der Waals surface area contributed by atoms with Crippen LogP contribution in [0.2, 0.25) is 5.02 Å². The molecule has 0 saturated carbocycles. The first-order valence-corrected chi connectivity index (χ1v) is 11.6. The molecule has 0 spiro atoms. The molecule has 0 aliphatic carbocycles. The van der Waals surface area contributed by atoms with Gasteiger partial charge in [0.1, 0.15) is 0 Å². The van der Waals surface area contributed by atoms with Gasteiger partial charge < -0.3 is 5.32 Å². The quantitative estimate of drug-likeness (QED) is 0.242. The third-order valence-electron chi connectivity index (χ3n) is 4.86. The van der Waals surface area contributed by atoms with E-state index in [2.05, 4.69) is 15.3 Å². The summed E-state index contributed by atoms with van der Waals surface area (Å²) in [6.07, 6.45) is 2.78. The minimum absolute atomic E-state index is 0.00111. The molecule has 0 aliphatic rings. The van der Waals surface area contributed by atoms with Crippen LogP contribution in [0.4, 0.5) is 10.8 Å². The zero-order valence-corrected chi connectivity index (χ0v) is 18.7. The van der Waals surface area contributed by atoms with E-state index < -0.39 is 4.92 Å². The average Bonchev–Trinajstić information content (AvgIpc) is 3.46. The summed E-state index contributed by atoms with van der Waals surface area (Å²) in [7, 11) is 0. The molecular formula is C21H14ClN5O3S2. The van der Waals surface area contributed by atoms with E-state index in [9.17, 15) is 14.9 Å². The molecule has 1 N–H and O–H groups in total.